The Labute approximate surface area is 85.4 Å². The van der Waals surface area contributed by atoms with Crippen molar-refractivity contribution in [3.05, 3.63) is 34.9 Å². The lowest BCUT2D eigenvalue weighted by molar-refractivity contribution is 0.155. The molecule has 2 heteroatoms. The first-order chi connectivity index (χ1) is 6.57. The minimum Gasteiger partial charge on any atom is -0.371 e. The van der Waals surface area contributed by atoms with Crippen LogP contribution in [0.25, 0.3) is 0 Å². The van der Waals surface area contributed by atoms with E-state index < -0.39 is 0 Å². The van der Waals surface area contributed by atoms with Crippen LogP contribution in [0, 0.1) is 19.3 Å². The lowest BCUT2D eigenvalue weighted by atomic mass is 9.96. The van der Waals surface area contributed by atoms with Gasteiger partial charge in [0.25, 0.3) is 0 Å². The Morgan fingerprint density at radius 1 is 1.29 bits per heavy atom. The van der Waals surface area contributed by atoms with E-state index >= 15 is 0 Å². The highest BCUT2D eigenvalue weighted by molar-refractivity contribution is 5.85. The van der Waals surface area contributed by atoms with Crippen LogP contribution in [0.5, 0.6) is 0 Å². The van der Waals surface area contributed by atoms with Crippen molar-refractivity contribution < 1.29 is 4.74 Å². The van der Waals surface area contributed by atoms with Crippen LogP contribution in [0.15, 0.2) is 18.2 Å². The molecule has 1 aromatic carbocycles. The minimum atomic E-state index is -0.198. The van der Waals surface area contributed by atoms with Crippen LogP contribution in [0.3, 0.4) is 0 Å². The Bertz CT molecular complexity index is 324. The van der Waals surface area contributed by atoms with Gasteiger partial charge in [-0.15, -0.1) is 0 Å². The predicted octanol–water partition coefficient (Wildman–Crippen LogP) is 3.03. The molecular formula is C12H17NO. The molecule has 0 unspecified atom stereocenters. The van der Waals surface area contributed by atoms with Crippen LogP contribution >= 0.6 is 0 Å². The van der Waals surface area contributed by atoms with E-state index in [2.05, 4.69) is 26.0 Å². The van der Waals surface area contributed by atoms with E-state index in [1.807, 2.05) is 6.07 Å². The molecule has 0 amide bonds. The van der Waals surface area contributed by atoms with Crippen LogP contribution in [-0.2, 0) is 4.74 Å². The van der Waals surface area contributed by atoms with Gasteiger partial charge in [-0.3, -0.25) is 0 Å². The SMILES string of the molecule is CO[C@@H](C(C)=N)c1c(C)cccc1C. The fraction of sp³-hybridized carbons (Fsp3) is 0.417. The van der Waals surface area contributed by atoms with Gasteiger partial charge in [0.2, 0.25) is 0 Å². The van der Waals surface area contributed by atoms with Crippen LogP contribution < -0.4 is 0 Å². The van der Waals surface area contributed by atoms with Crippen LogP contribution in [0.2, 0.25) is 0 Å². The molecule has 0 aliphatic heterocycles. The molecular weight excluding hydrogens is 174 g/mol. The average molecular weight is 191 g/mol. The van der Waals surface area contributed by atoms with E-state index in [1.54, 1.807) is 14.0 Å². The minimum absolute atomic E-state index is 0.198. The van der Waals surface area contributed by atoms with E-state index in [9.17, 15) is 0 Å². The third-order valence-electron chi connectivity index (χ3n) is 2.43. The normalized spacial score (nSPS) is 12.6. The van der Waals surface area contributed by atoms with E-state index in [-0.39, 0.29) is 6.10 Å². The van der Waals surface area contributed by atoms with Crippen molar-refractivity contribution in [3.8, 4) is 0 Å². The highest BCUT2D eigenvalue weighted by Gasteiger charge is 2.16. The number of rotatable bonds is 3. The molecule has 0 heterocycles. The molecule has 14 heavy (non-hydrogen) atoms. The summed E-state index contributed by atoms with van der Waals surface area (Å²) in [4.78, 5) is 0. The maximum atomic E-state index is 7.66. The Morgan fingerprint density at radius 3 is 2.14 bits per heavy atom. The molecule has 1 aromatic rings. The summed E-state index contributed by atoms with van der Waals surface area (Å²) in [6, 6.07) is 6.13. The number of hydrogen-bond acceptors (Lipinski definition) is 2. The molecule has 0 saturated heterocycles. The molecule has 1 rings (SSSR count). The van der Waals surface area contributed by atoms with Crippen LogP contribution in [0.1, 0.15) is 29.7 Å². The van der Waals surface area contributed by atoms with Gasteiger partial charge >= 0.3 is 0 Å². The lowest BCUT2D eigenvalue weighted by Gasteiger charge is -2.19. The number of nitrogens with one attached hydrogen (secondary N) is 1. The molecule has 0 aliphatic carbocycles. The molecule has 0 aromatic heterocycles. The van der Waals surface area contributed by atoms with Crippen molar-refractivity contribution in [1.29, 1.82) is 5.41 Å². The summed E-state index contributed by atoms with van der Waals surface area (Å²) in [6.07, 6.45) is -0.198. The highest BCUT2D eigenvalue weighted by Crippen LogP contribution is 2.24. The van der Waals surface area contributed by atoms with E-state index in [0.717, 1.165) is 5.56 Å². The summed E-state index contributed by atoms with van der Waals surface area (Å²) in [5, 5.41) is 7.66. The summed E-state index contributed by atoms with van der Waals surface area (Å²) >= 11 is 0. The first-order valence-electron chi connectivity index (χ1n) is 4.72. The third kappa shape index (κ3) is 2.02. The smallest absolute Gasteiger partial charge is 0.120 e. The van der Waals surface area contributed by atoms with Crippen molar-refractivity contribution in [3.63, 3.8) is 0 Å². The second-order valence-electron chi connectivity index (χ2n) is 3.60. The van der Waals surface area contributed by atoms with Crippen LogP contribution in [-0.4, -0.2) is 12.8 Å². The van der Waals surface area contributed by atoms with Crippen molar-refractivity contribution in [2.45, 2.75) is 26.9 Å². The molecule has 0 saturated carbocycles. The first-order valence-corrected chi connectivity index (χ1v) is 4.72. The van der Waals surface area contributed by atoms with Gasteiger partial charge in [0.15, 0.2) is 0 Å². The first kappa shape index (κ1) is 10.9. The molecule has 1 N–H and O–H groups in total. The molecule has 0 bridgehead atoms. The van der Waals surface area contributed by atoms with Gasteiger partial charge in [0.1, 0.15) is 6.10 Å². The van der Waals surface area contributed by atoms with Gasteiger partial charge in [0, 0.05) is 12.8 Å². The summed E-state index contributed by atoms with van der Waals surface area (Å²) in [6.45, 7) is 5.88. The summed E-state index contributed by atoms with van der Waals surface area (Å²) < 4.78 is 5.33. The molecule has 0 fully saturated rings. The zero-order valence-corrected chi connectivity index (χ0v) is 9.22. The summed E-state index contributed by atoms with van der Waals surface area (Å²) in [7, 11) is 1.65. The topological polar surface area (TPSA) is 33.1 Å². The number of hydrogen-bond donors (Lipinski definition) is 1. The molecule has 76 valence electrons. The number of aryl methyl sites for hydroxylation is 2. The average Bonchev–Trinajstić information content (AvgIpc) is 2.10. The fourth-order valence-corrected chi connectivity index (χ4v) is 1.75. The maximum Gasteiger partial charge on any atom is 0.120 e. The highest BCUT2D eigenvalue weighted by atomic mass is 16.5. The molecule has 0 spiro atoms. The maximum absolute atomic E-state index is 7.66. The van der Waals surface area contributed by atoms with Crippen molar-refractivity contribution in [2.75, 3.05) is 7.11 Å². The van der Waals surface area contributed by atoms with E-state index in [1.165, 1.54) is 11.1 Å². The van der Waals surface area contributed by atoms with E-state index in [4.69, 9.17) is 10.1 Å². The zero-order valence-electron chi connectivity index (χ0n) is 9.22. The van der Waals surface area contributed by atoms with Crippen LogP contribution in [0.4, 0.5) is 0 Å². The predicted molar refractivity (Wildman–Crippen MR) is 59.1 cm³/mol. The Kier molecular flexibility index (Phi) is 3.42. The molecule has 1 atom stereocenters. The van der Waals surface area contributed by atoms with Gasteiger partial charge in [-0.2, -0.15) is 0 Å². The summed E-state index contributed by atoms with van der Waals surface area (Å²) in [5.74, 6) is 0. The summed E-state index contributed by atoms with van der Waals surface area (Å²) in [5.41, 5.74) is 4.04. The zero-order chi connectivity index (χ0) is 10.7. The Morgan fingerprint density at radius 2 is 1.79 bits per heavy atom. The second kappa shape index (κ2) is 4.38. The third-order valence-corrected chi connectivity index (χ3v) is 2.43. The van der Waals surface area contributed by atoms with Crippen molar-refractivity contribution >= 4 is 5.71 Å². The van der Waals surface area contributed by atoms with Gasteiger partial charge in [-0.1, -0.05) is 18.2 Å². The number of ether oxygens (including phenoxy) is 1. The number of methoxy groups -OCH3 is 1. The molecule has 0 aliphatic rings. The Hall–Kier alpha value is -1.15. The van der Waals surface area contributed by atoms with E-state index in [0.29, 0.717) is 5.71 Å². The quantitative estimate of drug-likeness (QED) is 0.732. The fourth-order valence-electron chi connectivity index (χ4n) is 1.75. The van der Waals surface area contributed by atoms with Crippen molar-refractivity contribution in [1.82, 2.24) is 0 Å². The van der Waals surface area contributed by atoms with Gasteiger partial charge in [0.05, 0.1) is 0 Å². The second-order valence-corrected chi connectivity index (χ2v) is 3.60. The molecule has 2 nitrogen and oxygen atoms in total. The standard InChI is InChI=1S/C12H17NO/c1-8-6-5-7-9(2)11(8)12(14-4)10(3)13/h5-7,12-13H,1-4H3/t12-/m0/s1. The van der Waals surface area contributed by atoms with Gasteiger partial charge in [-0.25, -0.2) is 0 Å². The lowest BCUT2D eigenvalue weighted by Crippen LogP contribution is -2.13. The largest absolute Gasteiger partial charge is 0.371 e. The Balaban J connectivity index is 3.22. The monoisotopic (exact) mass is 191 g/mol. The van der Waals surface area contributed by atoms with Gasteiger partial charge in [-0.05, 0) is 37.5 Å². The van der Waals surface area contributed by atoms with Crippen molar-refractivity contribution in [2.24, 2.45) is 0 Å². The van der Waals surface area contributed by atoms with Gasteiger partial charge < -0.3 is 10.1 Å². The number of benzene rings is 1. The molecule has 0 radical (unpaired) electrons.